The van der Waals surface area contributed by atoms with Gasteiger partial charge in [0.25, 0.3) is 0 Å². The van der Waals surface area contributed by atoms with Crippen molar-refractivity contribution < 1.29 is 14.6 Å². The van der Waals surface area contributed by atoms with Crippen molar-refractivity contribution in [2.24, 2.45) is 0 Å². The molecule has 0 spiro atoms. The number of fused-ring (bicyclic) bond motifs is 1. The van der Waals surface area contributed by atoms with E-state index in [1.807, 2.05) is 18.2 Å². The van der Waals surface area contributed by atoms with Gasteiger partial charge in [-0.25, -0.2) is 9.31 Å². The van der Waals surface area contributed by atoms with E-state index in [0.29, 0.717) is 5.88 Å². The van der Waals surface area contributed by atoms with Gasteiger partial charge in [-0.05, 0) is 19.1 Å². The van der Waals surface area contributed by atoms with Gasteiger partial charge in [-0.15, -0.1) is 5.10 Å². The second-order valence-corrected chi connectivity index (χ2v) is 3.15. The number of carboxylic acids is 1. The Hall–Kier alpha value is -2.04. The van der Waals surface area contributed by atoms with Crippen molar-refractivity contribution in [3.05, 3.63) is 30.5 Å². The summed E-state index contributed by atoms with van der Waals surface area (Å²) in [7, 11) is 0. The molecular weight excluding hydrogens is 196 g/mol. The minimum atomic E-state index is -1.01. The molecular formula is C10H10N2O3. The average Bonchev–Trinajstić information content (AvgIpc) is 2.59. The summed E-state index contributed by atoms with van der Waals surface area (Å²) in [5.41, 5.74) is 0.866. The van der Waals surface area contributed by atoms with Crippen molar-refractivity contribution in [3.8, 4) is 5.88 Å². The fraction of sp³-hybridized carbons (Fsp3) is 0.200. The van der Waals surface area contributed by atoms with Crippen LogP contribution in [0.25, 0.3) is 5.52 Å². The van der Waals surface area contributed by atoms with Crippen LogP contribution in [-0.4, -0.2) is 26.8 Å². The monoisotopic (exact) mass is 206 g/mol. The van der Waals surface area contributed by atoms with Gasteiger partial charge in [0, 0.05) is 12.3 Å². The van der Waals surface area contributed by atoms with Crippen LogP contribution in [0.15, 0.2) is 30.5 Å². The smallest absolute Gasteiger partial charge is 0.344 e. The zero-order valence-corrected chi connectivity index (χ0v) is 8.12. The molecule has 0 fully saturated rings. The Kier molecular flexibility index (Phi) is 2.29. The van der Waals surface area contributed by atoms with Gasteiger partial charge in [0.2, 0.25) is 5.88 Å². The molecule has 5 heteroatoms. The number of aliphatic carboxylic acids is 1. The maximum absolute atomic E-state index is 10.6. The normalized spacial score (nSPS) is 12.6. The third-order valence-electron chi connectivity index (χ3n) is 1.99. The molecule has 2 aromatic heterocycles. The Balaban J connectivity index is 2.26. The van der Waals surface area contributed by atoms with Crippen LogP contribution in [0.2, 0.25) is 0 Å². The van der Waals surface area contributed by atoms with Crippen LogP contribution < -0.4 is 4.74 Å². The van der Waals surface area contributed by atoms with Crippen molar-refractivity contribution in [1.82, 2.24) is 9.61 Å². The molecule has 0 aromatic carbocycles. The number of carboxylic acid groups (broad SMARTS) is 1. The summed E-state index contributed by atoms with van der Waals surface area (Å²) in [5, 5.41) is 12.7. The fourth-order valence-corrected chi connectivity index (χ4v) is 1.20. The van der Waals surface area contributed by atoms with E-state index in [0.717, 1.165) is 5.52 Å². The Morgan fingerprint density at radius 1 is 1.60 bits per heavy atom. The van der Waals surface area contributed by atoms with Crippen molar-refractivity contribution in [2.75, 3.05) is 0 Å². The first-order valence-electron chi connectivity index (χ1n) is 4.51. The van der Waals surface area contributed by atoms with Gasteiger partial charge in [-0.1, -0.05) is 6.07 Å². The van der Waals surface area contributed by atoms with Crippen LogP contribution in [-0.2, 0) is 4.79 Å². The lowest BCUT2D eigenvalue weighted by molar-refractivity contribution is -0.144. The van der Waals surface area contributed by atoms with E-state index >= 15 is 0 Å². The maximum Gasteiger partial charge on any atom is 0.344 e. The van der Waals surface area contributed by atoms with Gasteiger partial charge in [0.1, 0.15) is 0 Å². The molecule has 0 saturated heterocycles. The summed E-state index contributed by atoms with van der Waals surface area (Å²) in [5.74, 6) is -0.692. The van der Waals surface area contributed by atoms with Gasteiger partial charge in [0.05, 0.1) is 5.52 Å². The van der Waals surface area contributed by atoms with E-state index in [1.165, 1.54) is 6.92 Å². The van der Waals surface area contributed by atoms with Gasteiger partial charge >= 0.3 is 5.97 Å². The highest BCUT2D eigenvalue weighted by Gasteiger charge is 2.14. The zero-order valence-electron chi connectivity index (χ0n) is 8.12. The molecule has 0 aliphatic carbocycles. The standard InChI is InChI=1S/C10H10N2O3/c1-7(10(13)14)15-9-6-8-4-2-3-5-12(8)11-9/h2-7H,1H3,(H,13,14). The molecule has 0 saturated carbocycles. The van der Waals surface area contributed by atoms with Gasteiger partial charge in [-0.3, -0.25) is 0 Å². The van der Waals surface area contributed by atoms with Crippen molar-refractivity contribution in [3.63, 3.8) is 0 Å². The van der Waals surface area contributed by atoms with Crippen LogP contribution in [0.5, 0.6) is 5.88 Å². The number of nitrogens with zero attached hydrogens (tertiary/aromatic N) is 2. The number of rotatable bonds is 3. The molecule has 15 heavy (non-hydrogen) atoms. The summed E-state index contributed by atoms with van der Waals surface area (Å²) in [6, 6.07) is 7.27. The van der Waals surface area contributed by atoms with Gasteiger partial charge in [0.15, 0.2) is 6.10 Å². The lowest BCUT2D eigenvalue weighted by Gasteiger charge is -2.05. The SMILES string of the molecule is CC(Oc1cc2ccccn2n1)C(=O)O. The van der Waals surface area contributed by atoms with E-state index in [-0.39, 0.29) is 0 Å². The summed E-state index contributed by atoms with van der Waals surface area (Å²) >= 11 is 0. The quantitative estimate of drug-likeness (QED) is 0.819. The van der Waals surface area contributed by atoms with Crippen LogP contribution in [0.4, 0.5) is 0 Å². The first kappa shape index (κ1) is 9.51. The molecule has 5 nitrogen and oxygen atoms in total. The first-order valence-corrected chi connectivity index (χ1v) is 4.51. The van der Waals surface area contributed by atoms with Crippen LogP contribution in [0, 0.1) is 0 Å². The molecule has 1 N–H and O–H groups in total. The highest BCUT2D eigenvalue weighted by molar-refractivity contribution is 5.72. The largest absolute Gasteiger partial charge is 0.479 e. The van der Waals surface area contributed by atoms with E-state index in [9.17, 15) is 4.79 Å². The van der Waals surface area contributed by atoms with Crippen molar-refractivity contribution in [1.29, 1.82) is 0 Å². The van der Waals surface area contributed by atoms with Crippen molar-refractivity contribution >= 4 is 11.5 Å². The topological polar surface area (TPSA) is 63.8 Å². The molecule has 0 aliphatic rings. The number of aromatic nitrogens is 2. The second kappa shape index (κ2) is 3.61. The third kappa shape index (κ3) is 1.90. The lowest BCUT2D eigenvalue weighted by atomic mass is 10.4. The summed E-state index contributed by atoms with van der Waals surface area (Å²) < 4.78 is 6.76. The minimum absolute atomic E-state index is 0.316. The van der Waals surface area contributed by atoms with E-state index in [2.05, 4.69) is 5.10 Å². The fourth-order valence-electron chi connectivity index (χ4n) is 1.20. The molecule has 0 aliphatic heterocycles. The van der Waals surface area contributed by atoms with Crippen LogP contribution >= 0.6 is 0 Å². The molecule has 0 amide bonds. The number of ether oxygens (including phenoxy) is 1. The molecule has 0 bridgehead atoms. The van der Waals surface area contributed by atoms with Gasteiger partial charge < -0.3 is 9.84 Å². The molecule has 2 heterocycles. The number of hydrogen-bond donors (Lipinski definition) is 1. The maximum atomic E-state index is 10.6. The Morgan fingerprint density at radius 2 is 2.40 bits per heavy atom. The zero-order chi connectivity index (χ0) is 10.8. The number of hydrogen-bond acceptors (Lipinski definition) is 3. The van der Waals surface area contributed by atoms with Crippen LogP contribution in [0.1, 0.15) is 6.92 Å². The average molecular weight is 206 g/mol. The molecule has 2 rings (SSSR count). The third-order valence-corrected chi connectivity index (χ3v) is 1.99. The predicted octanol–water partition coefficient (Wildman–Crippen LogP) is 1.19. The van der Waals surface area contributed by atoms with E-state index in [4.69, 9.17) is 9.84 Å². The minimum Gasteiger partial charge on any atom is -0.479 e. The van der Waals surface area contributed by atoms with Crippen molar-refractivity contribution in [2.45, 2.75) is 13.0 Å². The molecule has 2 aromatic rings. The second-order valence-electron chi connectivity index (χ2n) is 3.15. The Labute approximate surface area is 85.9 Å². The van der Waals surface area contributed by atoms with Gasteiger partial charge in [-0.2, -0.15) is 0 Å². The van der Waals surface area contributed by atoms with E-state index in [1.54, 1.807) is 16.8 Å². The Morgan fingerprint density at radius 3 is 3.07 bits per heavy atom. The number of carbonyl (C=O) groups is 1. The summed E-state index contributed by atoms with van der Waals surface area (Å²) in [6.45, 7) is 1.46. The first-order chi connectivity index (χ1) is 7.16. The lowest BCUT2D eigenvalue weighted by Crippen LogP contribution is -2.23. The molecule has 1 atom stereocenters. The molecule has 0 radical (unpaired) electrons. The highest BCUT2D eigenvalue weighted by Crippen LogP contribution is 2.13. The van der Waals surface area contributed by atoms with Crippen LogP contribution in [0.3, 0.4) is 0 Å². The molecule has 78 valence electrons. The summed E-state index contributed by atoms with van der Waals surface area (Å²) in [6.07, 6.45) is 0.878. The predicted molar refractivity (Wildman–Crippen MR) is 52.9 cm³/mol. The highest BCUT2D eigenvalue weighted by atomic mass is 16.5. The summed E-state index contributed by atoms with van der Waals surface area (Å²) in [4.78, 5) is 10.6. The Bertz CT molecular complexity index is 459. The van der Waals surface area contributed by atoms with E-state index < -0.39 is 12.1 Å². The molecule has 1 unspecified atom stereocenters. The number of pyridine rings is 1.